The van der Waals surface area contributed by atoms with Gasteiger partial charge in [0.05, 0.1) is 11.6 Å². The molecule has 102 valence electrons. The summed E-state index contributed by atoms with van der Waals surface area (Å²) >= 11 is 0. The Morgan fingerprint density at radius 1 is 1.05 bits per heavy atom. The molecular weight excluding hydrogens is 244 g/mol. The maximum Gasteiger partial charge on any atom is 0.0991 e. The molecule has 1 unspecified atom stereocenters. The number of rotatable bonds is 6. The van der Waals surface area contributed by atoms with Gasteiger partial charge in [0, 0.05) is 6.04 Å². The van der Waals surface area contributed by atoms with Crippen LogP contribution < -0.4 is 5.32 Å². The van der Waals surface area contributed by atoms with Crippen molar-refractivity contribution in [1.29, 1.82) is 5.26 Å². The summed E-state index contributed by atoms with van der Waals surface area (Å²) in [6.45, 7) is 3.15. The minimum atomic E-state index is 0.318. The zero-order chi connectivity index (χ0) is 14.2. The molecule has 0 spiro atoms. The van der Waals surface area contributed by atoms with E-state index in [2.05, 4.69) is 48.6 Å². The summed E-state index contributed by atoms with van der Waals surface area (Å²) in [5.41, 5.74) is 3.33. The highest BCUT2D eigenvalue weighted by Gasteiger charge is 2.04. The second kappa shape index (κ2) is 7.47. The van der Waals surface area contributed by atoms with Gasteiger partial charge in [0.25, 0.3) is 0 Å². The third kappa shape index (κ3) is 4.22. The molecule has 1 atom stereocenters. The van der Waals surface area contributed by atoms with E-state index in [1.54, 1.807) is 0 Å². The van der Waals surface area contributed by atoms with E-state index in [1.165, 1.54) is 11.1 Å². The van der Waals surface area contributed by atoms with Crippen molar-refractivity contribution in [2.75, 3.05) is 6.54 Å². The van der Waals surface area contributed by atoms with Gasteiger partial charge in [-0.3, -0.25) is 0 Å². The molecule has 0 saturated heterocycles. The monoisotopic (exact) mass is 264 g/mol. The first-order valence-corrected chi connectivity index (χ1v) is 7.07. The predicted molar refractivity (Wildman–Crippen MR) is 82.3 cm³/mol. The third-order valence-corrected chi connectivity index (χ3v) is 3.48. The molecular formula is C18H20N2. The van der Waals surface area contributed by atoms with Gasteiger partial charge in [-0.15, -0.1) is 0 Å². The van der Waals surface area contributed by atoms with E-state index < -0.39 is 0 Å². The summed E-state index contributed by atoms with van der Waals surface area (Å²) in [5.74, 6) is 0. The minimum Gasteiger partial charge on any atom is -0.310 e. The number of hydrogen-bond donors (Lipinski definition) is 1. The van der Waals surface area contributed by atoms with Gasteiger partial charge >= 0.3 is 0 Å². The molecule has 0 aliphatic heterocycles. The zero-order valence-corrected chi connectivity index (χ0v) is 11.8. The highest BCUT2D eigenvalue weighted by molar-refractivity contribution is 5.32. The van der Waals surface area contributed by atoms with Gasteiger partial charge in [-0.05, 0) is 49.6 Å². The van der Waals surface area contributed by atoms with Crippen molar-refractivity contribution >= 4 is 0 Å². The lowest BCUT2D eigenvalue weighted by Gasteiger charge is -2.14. The Morgan fingerprint density at radius 2 is 1.75 bits per heavy atom. The molecule has 0 heterocycles. The van der Waals surface area contributed by atoms with Crippen molar-refractivity contribution in [2.45, 2.75) is 25.8 Å². The SMILES string of the molecule is CC(NCCCc1ccccc1)c1ccc(C#N)cc1. The van der Waals surface area contributed by atoms with Crippen LogP contribution in [0, 0.1) is 11.3 Å². The van der Waals surface area contributed by atoms with Crippen LogP contribution in [0.4, 0.5) is 0 Å². The van der Waals surface area contributed by atoms with E-state index in [1.807, 2.05) is 24.3 Å². The number of nitrogens with zero attached hydrogens (tertiary/aromatic N) is 1. The molecule has 0 aliphatic carbocycles. The fourth-order valence-electron chi connectivity index (χ4n) is 2.22. The van der Waals surface area contributed by atoms with Crippen LogP contribution in [0.5, 0.6) is 0 Å². The maximum absolute atomic E-state index is 8.78. The minimum absolute atomic E-state index is 0.318. The molecule has 2 nitrogen and oxygen atoms in total. The van der Waals surface area contributed by atoms with Crippen molar-refractivity contribution in [3.8, 4) is 6.07 Å². The number of benzene rings is 2. The average Bonchev–Trinajstić information content (AvgIpc) is 2.52. The van der Waals surface area contributed by atoms with Crippen molar-refractivity contribution < 1.29 is 0 Å². The molecule has 1 N–H and O–H groups in total. The Labute approximate surface area is 121 Å². The Hall–Kier alpha value is -2.11. The van der Waals surface area contributed by atoms with Crippen LogP contribution in [0.15, 0.2) is 54.6 Å². The maximum atomic E-state index is 8.78. The van der Waals surface area contributed by atoms with E-state index in [0.717, 1.165) is 19.4 Å². The lowest BCUT2D eigenvalue weighted by molar-refractivity contribution is 0.558. The van der Waals surface area contributed by atoms with E-state index in [4.69, 9.17) is 5.26 Å². The van der Waals surface area contributed by atoms with Gasteiger partial charge < -0.3 is 5.32 Å². The van der Waals surface area contributed by atoms with Crippen molar-refractivity contribution in [2.24, 2.45) is 0 Å². The molecule has 0 saturated carbocycles. The Kier molecular flexibility index (Phi) is 5.34. The molecule has 2 rings (SSSR count). The molecule has 0 aromatic heterocycles. The van der Waals surface area contributed by atoms with E-state index in [0.29, 0.717) is 11.6 Å². The van der Waals surface area contributed by atoms with Gasteiger partial charge in [-0.1, -0.05) is 42.5 Å². The van der Waals surface area contributed by atoms with Gasteiger partial charge in [0.1, 0.15) is 0 Å². The third-order valence-electron chi connectivity index (χ3n) is 3.48. The summed E-state index contributed by atoms with van der Waals surface area (Å²) in [6.07, 6.45) is 2.23. The molecule has 0 amide bonds. The summed E-state index contributed by atoms with van der Waals surface area (Å²) in [5, 5.41) is 12.3. The normalized spacial score (nSPS) is 11.8. The highest BCUT2D eigenvalue weighted by Crippen LogP contribution is 2.13. The average molecular weight is 264 g/mol. The van der Waals surface area contributed by atoms with Gasteiger partial charge in [0.15, 0.2) is 0 Å². The first-order chi connectivity index (χ1) is 9.79. The van der Waals surface area contributed by atoms with E-state index in [9.17, 15) is 0 Å². The lowest BCUT2D eigenvalue weighted by atomic mass is 10.1. The number of aryl methyl sites for hydroxylation is 1. The standard InChI is InChI=1S/C18H20N2/c1-15(18-11-9-17(14-19)10-12-18)20-13-5-8-16-6-3-2-4-7-16/h2-4,6-7,9-12,15,20H,5,8,13H2,1H3. The van der Waals surface area contributed by atoms with Crippen LogP contribution in [0.2, 0.25) is 0 Å². The molecule has 2 aromatic rings. The summed E-state index contributed by atoms with van der Waals surface area (Å²) in [7, 11) is 0. The first kappa shape index (κ1) is 14.3. The highest BCUT2D eigenvalue weighted by atomic mass is 14.9. The topological polar surface area (TPSA) is 35.8 Å². The molecule has 0 aliphatic rings. The van der Waals surface area contributed by atoms with Gasteiger partial charge in [-0.2, -0.15) is 5.26 Å². The predicted octanol–water partition coefficient (Wildman–Crippen LogP) is 3.84. The molecule has 0 bridgehead atoms. The van der Waals surface area contributed by atoms with Crippen LogP contribution in [0.1, 0.15) is 36.1 Å². The summed E-state index contributed by atoms with van der Waals surface area (Å²) in [6, 6.07) is 20.8. The largest absolute Gasteiger partial charge is 0.310 e. The summed E-state index contributed by atoms with van der Waals surface area (Å²) < 4.78 is 0. The molecule has 2 aromatic carbocycles. The van der Waals surface area contributed by atoms with Crippen LogP contribution in [-0.2, 0) is 6.42 Å². The quantitative estimate of drug-likeness (QED) is 0.805. The molecule has 2 heteroatoms. The second-order valence-corrected chi connectivity index (χ2v) is 5.00. The molecule has 0 radical (unpaired) electrons. The number of nitrogens with one attached hydrogen (secondary N) is 1. The Balaban J connectivity index is 1.74. The van der Waals surface area contributed by atoms with Crippen LogP contribution in [0.25, 0.3) is 0 Å². The lowest BCUT2D eigenvalue weighted by Crippen LogP contribution is -2.20. The molecule has 20 heavy (non-hydrogen) atoms. The summed E-state index contributed by atoms with van der Waals surface area (Å²) in [4.78, 5) is 0. The van der Waals surface area contributed by atoms with Crippen molar-refractivity contribution in [3.05, 3.63) is 71.3 Å². The fraction of sp³-hybridized carbons (Fsp3) is 0.278. The molecule has 0 fully saturated rings. The first-order valence-electron chi connectivity index (χ1n) is 7.07. The fourth-order valence-corrected chi connectivity index (χ4v) is 2.22. The Morgan fingerprint density at radius 3 is 2.40 bits per heavy atom. The van der Waals surface area contributed by atoms with E-state index in [-0.39, 0.29) is 0 Å². The zero-order valence-electron chi connectivity index (χ0n) is 11.8. The smallest absolute Gasteiger partial charge is 0.0991 e. The van der Waals surface area contributed by atoms with Gasteiger partial charge in [-0.25, -0.2) is 0 Å². The van der Waals surface area contributed by atoms with Crippen molar-refractivity contribution in [3.63, 3.8) is 0 Å². The van der Waals surface area contributed by atoms with Crippen LogP contribution in [-0.4, -0.2) is 6.54 Å². The van der Waals surface area contributed by atoms with Crippen LogP contribution >= 0.6 is 0 Å². The van der Waals surface area contributed by atoms with E-state index >= 15 is 0 Å². The second-order valence-electron chi connectivity index (χ2n) is 5.00. The van der Waals surface area contributed by atoms with Crippen molar-refractivity contribution in [1.82, 2.24) is 5.32 Å². The number of hydrogen-bond acceptors (Lipinski definition) is 2. The Bertz CT molecular complexity index is 552. The number of nitriles is 1. The van der Waals surface area contributed by atoms with Crippen LogP contribution in [0.3, 0.4) is 0 Å². The van der Waals surface area contributed by atoms with Gasteiger partial charge in [0.2, 0.25) is 0 Å².